The highest BCUT2D eigenvalue weighted by Gasteiger charge is 2.27. The van der Waals surface area contributed by atoms with Crippen molar-refractivity contribution in [2.45, 2.75) is 32.4 Å². The van der Waals surface area contributed by atoms with E-state index < -0.39 is 10.0 Å². The van der Waals surface area contributed by atoms with E-state index in [1.54, 1.807) is 17.5 Å². The minimum absolute atomic E-state index is 0.0413. The van der Waals surface area contributed by atoms with E-state index in [1.165, 1.54) is 21.9 Å². The number of likely N-dealkylation sites (tertiary alicyclic amines) is 1. The van der Waals surface area contributed by atoms with Gasteiger partial charge in [-0.3, -0.25) is 14.1 Å². The van der Waals surface area contributed by atoms with Crippen LogP contribution in [0.25, 0.3) is 4.96 Å². The van der Waals surface area contributed by atoms with Crippen LogP contribution in [-0.4, -0.2) is 59.4 Å². The fraction of sp³-hybridized carbons (Fsp3) is 0.600. The summed E-state index contributed by atoms with van der Waals surface area (Å²) in [4.78, 5) is 19.7. The quantitative estimate of drug-likeness (QED) is 0.800. The Kier molecular flexibility index (Phi) is 4.78. The van der Waals surface area contributed by atoms with E-state index in [0.717, 1.165) is 42.3 Å². The lowest BCUT2D eigenvalue weighted by Gasteiger charge is -2.35. The molecule has 0 aromatic carbocycles. The summed E-state index contributed by atoms with van der Waals surface area (Å²) in [5, 5.41) is 1.93. The molecule has 0 saturated carbocycles. The van der Waals surface area contributed by atoms with Crippen LogP contribution in [0.1, 0.15) is 24.2 Å². The van der Waals surface area contributed by atoms with Gasteiger partial charge in [-0.05, 0) is 19.8 Å². The van der Waals surface area contributed by atoms with Crippen LogP contribution in [0, 0.1) is 6.92 Å². The lowest BCUT2D eigenvalue weighted by atomic mass is 10.1. The molecule has 1 aliphatic heterocycles. The van der Waals surface area contributed by atoms with Gasteiger partial charge in [-0.2, -0.15) is 0 Å². The first-order valence-electron chi connectivity index (χ1n) is 7.88. The largest absolute Gasteiger partial charge is 0.297 e. The van der Waals surface area contributed by atoms with E-state index >= 15 is 0 Å². The highest BCUT2D eigenvalue weighted by Crippen LogP contribution is 2.19. The molecule has 9 heteroatoms. The number of rotatable bonds is 4. The van der Waals surface area contributed by atoms with Crippen molar-refractivity contribution >= 4 is 26.3 Å². The van der Waals surface area contributed by atoms with Gasteiger partial charge in [-0.25, -0.2) is 17.7 Å². The standard InChI is InChI=1S/C15H22N4O3S2/c1-11-10-23-15-16-12(8-14(20)19(11)15)9-18-6-4-13(5-7-18)17(2)24(3,21)22/h8,10,13H,4-7,9H2,1-3H3. The Hall–Kier alpha value is -1.29. The minimum Gasteiger partial charge on any atom is -0.297 e. The summed E-state index contributed by atoms with van der Waals surface area (Å²) in [5.74, 6) is 0. The molecule has 7 nitrogen and oxygen atoms in total. The zero-order valence-corrected chi connectivity index (χ0v) is 15.7. The second-order valence-electron chi connectivity index (χ2n) is 6.37. The molecule has 0 amide bonds. The minimum atomic E-state index is -3.15. The van der Waals surface area contributed by atoms with Gasteiger partial charge >= 0.3 is 0 Å². The molecule has 24 heavy (non-hydrogen) atoms. The first-order valence-corrected chi connectivity index (χ1v) is 10.6. The Morgan fingerprint density at radius 2 is 2.04 bits per heavy atom. The predicted molar refractivity (Wildman–Crippen MR) is 95.0 cm³/mol. The van der Waals surface area contributed by atoms with E-state index in [0.29, 0.717) is 6.54 Å². The number of hydrogen-bond acceptors (Lipinski definition) is 6. The Bertz CT molecular complexity index is 895. The second kappa shape index (κ2) is 6.55. The molecular weight excluding hydrogens is 348 g/mol. The van der Waals surface area contributed by atoms with Crippen molar-refractivity contribution in [3.05, 3.63) is 33.2 Å². The monoisotopic (exact) mass is 370 g/mol. The molecule has 132 valence electrons. The first kappa shape index (κ1) is 17.5. The Labute approximate surface area is 145 Å². The van der Waals surface area contributed by atoms with Gasteiger partial charge in [0, 0.05) is 49.9 Å². The molecule has 0 aliphatic carbocycles. The van der Waals surface area contributed by atoms with E-state index in [2.05, 4.69) is 9.88 Å². The van der Waals surface area contributed by atoms with Crippen LogP contribution < -0.4 is 5.56 Å². The van der Waals surface area contributed by atoms with E-state index in [9.17, 15) is 13.2 Å². The number of piperidine rings is 1. The number of sulfonamides is 1. The van der Waals surface area contributed by atoms with Crippen molar-refractivity contribution in [2.24, 2.45) is 0 Å². The van der Waals surface area contributed by atoms with Crippen LogP contribution in [0.3, 0.4) is 0 Å². The average Bonchev–Trinajstić information content (AvgIpc) is 2.88. The zero-order chi connectivity index (χ0) is 17.5. The Morgan fingerprint density at radius 1 is 1.38 bits per heavy atom. The SMILES string of the molecule is Cc1csc2nc(CN3CCC(N(C)S(C)(=O)=O)CC3)cc(=O)n12. The molecule has 0 spiro atoms. The van der Waals surface area contributed by atoms with E-state index in [1.807, 2.05) is 12.3 Å². The number of hydrogen-bond donors (Lipinski definition) is 0. The maximum absolute atomic E-state index is 12.2. The maximum atomic E-state index is 12.2. The van der Waals surface area contributed by atoms with Gasteiger partial charge in [0.05, 0.1) is 11.9 Å². The van der Waals surface area contributed by atoms with Crippen LogP contribution in [0.2, 0.25) is 0 Å². The van der Waals surface area contributed by atoms with Gasteiger partial charge in [0.1, 0.15) is 0 Å². The number of thiazole rings is 1. The number of nitrogens with zero attached hydrogens (tertiary/aromatic N) is 4. The van der Waals surface area contributed by atoms with Crippen LogP contribution >= 0.6 is 11.3 Å². The second-order valence-corrected chi connectivity index (χ2v) is 9.25. The summed E-state index contributed by atoms with van der Waals surface area (Å²) >= 11 is 1.47. The third kappa shape index (κ3) is 3.53. The molecule has 3 rings (SSSR count). The van der Waals surface area contributed by atoms with Crippen molar-refractivity contribution in [3.63, 3.8) is 0 Å². The Morgan fingerprint density at radius 3 is 2.67 bits per heavy atom. The summed E-state index contributed by atoms with van der Waals surface area (Å²) in [6.45, 7) is 4.12. The molecule has 2 aromatic heterocycles. The summed E-state index contributed by atoms with van der Waals surface area (Å²) in [5.41, 5.74) is 1.64. The van der Waals surface area contributed by atoms with Crippen molar-refractivity contribution in [3.8, 4) is 0 Å². The van der Waals surface area contributed by atoms with Gasteiger partial charge in [0.2, 0.25) is 10.0 Å². The molecule has 0 atom stereocenters. The molecule has 2 aromatic rings. The smallest absolute Gasteiger partial charge is 0.259 e. The van der Waals surface area contributed by atoms with Crippen molar-refractivity contribution < 1.29 is 8.42 Å². The topological polar surface area (TPSA) is 75.0 Å². The van der Waals surface area contributed by atoms with Gasteiger partial charge in [0.15, 0.2) is 4.96 Å². The molecule has 0 N–H and O–H groups in total. The lowest BCUT2D eigenvalue weighted by Crippen LogP contribution is -2.45. The third-order valence-electron chi connectivity index (χ3n) is 4.61. The summed E-state index contributed by atoms with van der Waals surface area (Å²) in [7, 11) is -1.50. The van der Waals surface area contributed by atoms with Crippen molar-refractivity contribution in [1.29, 1.82) is 0 Å². The van der Waals surface area contributed by atoms with Crippen LogP contribution in [0.5, 0.6) is 0 Å². The van der Waals surface area contributed by atoms with Gasteiger partial charge < -0.3 is 0 Å². The van der Waals surface area contributed by atoms with Crippen LogP contribution in [0.15, 0.2) is 16.2 Å². The van der Waals surface area contributed by atoms with E-state index in [4.69, 9.17) is 0 Å². The molecule has 1 fully saturated rings. The fourth-order valence-electron chi connectivity index (χ4n) is 3.12. The average molecular weight is 371 g/mol. The van der Waals surface area contributed by atoms with Crippen molar-refractivity contribution in [1.82, 2.24) is 18.6 Å². The first-order chi connectivity index (χ1) is 11.3. The van der Waals surface area contributed by atoms with E-state index in [-0.39, 0.29) is 11.6 Å². The van der Waals surface area contributed by atoms with Gasteiger partial charge in [-0.15, -0.1) is 11.3 Å². The highest BCUT2D eigenvalue weighted by atomic mass is 32.2. The maximum Gasteiger partial charge on any atom is 0.259 e. The molecule has 1 aliphatic rings. The number of aryl methyl sites for hydroxylation is 1. The normalized spacial score (nSPS) is 17.8. The summed E-state index contributed by atoms with van der Waals surface area (Å²) in [6, 6.07) is 1.65. The van der Waals surface area contributed by atoms with Gasteiger partial charge in [0.25, 0.3) is 5.56 Å². The third-order valence-corrected chi connectivity index (χ3v) is 6.90. The molecule has 3 heterocycles. The molecule has 0 unspecified atom stereocenters. The Balaban J connectivity index is 1.67. The summed E-state index contributed by atoms with van der Waals surface area (Å²) < 4.78 is 26.4. The van der Waals surface area contributed by atoms with Crippen LogP contribution in [-0.2, 0) is 16.6 Å². The molecular formula is C15H22N4O3S2. The number of aromatic nitrogens is 2. The van der Waals surface area contributed by atoms with Gasteiger partial charge in [-0.1, -0.05) is 0 Å². The fourth-order valence-corrected chi connectivity index (χ4v) is 4.77. The van der Waals surface area contributed by atoms with Crippen LogP contribution in [0.4, 0.5) is 0 Å². The lowest BCUT2D eigenvalue weighted by molar-refractivity contribution is 0.163. The summed E-state index contributed by atoms with van der Waals surface area (Å²) in [6.07, 6.45) is 2.83. The molecule has 0 radical (unpaired) electrons. The number of fused-ring (bicyclic) bond motifs is 1. The molecule has 0 bridgehead atoms. The zero-order valence-electron chi connectivity index (χ0n) is 14.1. The highest BCUT2D eigenvalue weighted by molar-refractivity contribution is 7.88. The van der Waals surface area contributed by atoms with Crippen molar-refractivity contribution in [2.75, 3.05) is 26.4 Å². The molecule has 1 saturated heterocycles. The predicted octanol–water partition coefficient (Wildman–Crippen LogP) is 0.920.